The van der Waals surface area contributed by atoms with Crippen molar-refractivity contribution in [2.75, 3.05) is 4.72 Å². The summed E-state index contributed by atoms with van der Waals surface area (Å²) in [7, 11) is -3.89. The van der Waals surface area contributed by atoms with Crippen molar-refractivity contribution >= 4 is 27.6 Å². The summed E-state index contributed by atoms with van der Waals surface area (Å²) in [5.74, 6) is -0.155. The second-order valence-electron chi connectivity index (χ2n) is 5.40. The number of nitrogens with one attached hydrogen (secondary N) is 2. The second-order valence-corrected chi connectivity index (χ2v) is 7.52. The Kier molecular flexibility index (Phi) is 4.61. The largest absolute Gasteiger partial charge is 0.292 e. The number of aromatic amines is 1. The predicted molar refractivity (Wildman–Crippen MR) is 97.3 cm³/mol. The van der Waals surface area contributed by atoms with Crippen LogP contribution in [-0.2, 0) is 10.0 Å². The highest BCUT2D eigenvalue weighted by Crippen LogP contribution is 2.19. The van der Waals surface area contributed by atoms with E-state index in [4.69, 9.17) is 11.6 Å². The Morgan fingerprint density at radius 3 is 2.32 bits per heavy atom. The third kappa shape index (κ3) is 4.07. The van der Waals surface area contributed by atoms with Crippen molar-refractivity contribution in [2.45, 2.75) is 11.8 Å². The lowest BCUT2D eigenvalue weighted by atomic mass is 10.1. The van der Waals surface area contributed by atoms with Gasteiger partial charge in [-0.3, -0.25) is 9.78 Å². The predicted octanol–water partition coefficient (Wildman–Crippen LogP) is 3.20. The number of hydrogen-bond acceptors (Lipinski definition) is 4. The Morgan fingerprint density at radius 1 is 1.04 bits per heavy atom. The van der Waals surface area contributed by atoms with Crippen molar-refractivity contribution in [3.63, 3.8) is 0 Å². The van der Waals surface area contributed by atoms with Gasteiger partial charge in [0.2, 0.25) is 5.95 Å². The van der Waals surface area contributed by atoms with Gasteiger partial charge < -0.3 is 0 Å². The van der Waals surface area contributed by atoms with Crippen LogP contribution in [0.5, 0.6) is 0 Å². The molecule has 0 radical (unpaired) electrons. The molecule has 0 amide bonds. The number of aryl methyl sites for hydroxylation is 1. The zero-order chi connectivity index (χ0) is 18.0. The van der Waals surface area contributed by atoms with Crippen LogP contribution in [0.4, 0.5) is 5.95 Å². The van der Waals surface area contributed by atoms with E-state index in [1.165, 1.54) is 30.3 Å². The Morgan fingerprint density at radius 2 is 1.68 bits per heavy atom. The Bertz CT molecular complexity index is 1060. The summed E-state index contributed by atoms with van der Waals surface area (Å²) in [4.78, 5) is 18.5. The van der Waals surface area contributed by atoms with Crippen LogP contribution in [0.1, 0.15) is 5.56 Å². The molecular weight excluding hydrogens is 362 g/mol. The Hall–Kier alpha value is -2.64. The first-order chi connectivity index (χ1) is 11.8. The molecule has 0 bridgehead atoms. The summed E-state index contributed by atoms with van der Waals surface area (Å²) in [5.41, 5.74) is 1.69. The highest BCUT2D eigenvalue weighted by Gasteiger charge is 2.16. The number of aromatic nitrogens is 2. The summed E-state index contributed by atoms with van der Waals surface area (Å²) < 4.78 is 27.1. The van der Waals surface area contributed by atoms with Gasteiger partial charge in [0.1, 0.15) is 0 Å². The van der Waals surface area contributed by atoms with Gasteiger partial charge in [-0.2, -0.15) is 0 Å². The minimum atomic E-state index is -3.89. The summed E-state index contributed by atoms with van der Waals surface area (Å²) in [6.07, 6.45) is 0. The first kappa shape index (κ1) is 17.2. The van der Waals surface area contributed by atoms with Crippen LogP contribution in [0, 0.1) is 6.92 Å². The number of rotatable bonds is 4. The standard InChI is InChI=1S/C17H14ClN3O3S/c1-11-2-4-12(5-3-11)15-10-16(22)20-17(19-15)21-25(23,24)14-8-6-13(18)7-9-14/h2-10H,1H3,(H2,19,20,21,22). The zero-order valence-electron chi connectivity index (χ0n) is 13.2. The molecule has 1 aromatic heterocycles. The number of anilines is 1. The second kappa shape index (κ2) is 6.70. The van der Waals surface area contributed by atoms with E-state index in [-0.39, 0.29) is 10.8 Å². The van der Waals surface area contributed by atoms with Crippen LogP contribution in [0.25, 0.3) is 11.3 Å². The van der Waals surface area contributed by atoms with Crippen molar-refractivity contribution in [1.29, 1.82) is 0 Å². The highest BCUT2D eigenvalue weighted by molar-refractivity contribution is 7.92. The van der Waals surface area contributed by atoms with E-state index in [2.05, 4.69) is 14.7 Å². The number of halogens is 1. The molecule has 0 saturated heterocycles. The van der Waals surface area contributed by atoms with Gasteiger partial charge in [-0.25, -0.2) is 18.1 Å². The van der Waals surface area contributed by atoms with Crippen LogP contribution < -0.4 is 10.3 Å². The van der Waals surface area contributed by atoms with Gasteiger partial charge in [0.25, 0.3) is 15.6 Å². The van der Waals surface area contributed by atoms with E-state index < -0.39 is 15.6 Å². The maximum absolute atomic E-state index is 12.4. The lowest BCUT2D eigenvalue weighted by Crippen LogP contribution is -2.18. The lowest BCUT2D eigenvalue weighted by molar-refractivity contribution is 0.601. The molecule has 0 aliphatic heterocycles. The van der Waals surface area contributed by atoms with Gasteiger partial charge in [0, 0.05) is 16.7 Å². The first-order valence-corrected chi connectivity index (χ1v) is 9.16. The van der Waals surface area contributed by atoms with Crippen LogP contribution >= 0.6 is 11.6 Å². The molecule has 0 atom stereocenters. The zero-order valence-corrected chi connectivity index (χ0v) is 14.7. The summed E-state index contributed by atoms with van der Waals surface area (Å²) >= 11 is 5.77. The molecule has 1 heterocycles. The lowest BCUT2D eigenvalue weighted by Gasteiger charge is -2.09. The molecule has 8 heteroatoms. The topological polar surface area (TPSA) is 91.9 Å². The number of benzene rings is 2. The first-order valence-electron chi connectivity index (χ1n) is 7.30. The van der Waals surface area contributed by atoms with Crippen molar-refractivity contribution in [3.05, 3.63) is 75.5 Å². The molecule has 0 aliphatic rings. The van der Waals surface area contributed by atoms with Crippen LogP contribution in [0.2, 0.25) is 5.02 Å². The average molecular weight is 376 g/mol. The Balaban J connectivity index is 1.96. The van der Waals surface area contributed by atoms with Gasteiger partial charge >= 0.3 is 0 Å². The molecule has 0 unspecified atom stereocenters. The number of hydrogen-bond donors (Lipinski definition) is 2. The smallest absolute Gasteiger partial charge is 0.264 e. The van der Waals surface area contributed by atoms with Crippen LogP contribution in [0.3, 0.4) is 0 Å². The van der Waals surface area contributed by atoms with Gasteiger partial charge in [0.15, 0.2) is 0 Å². The number of nitrogens with zero attached hydrogens (tertiary/aromatic N) is 1. The van der Waals surface area contributed by atoms with E-state index in [1.54, 1.807) is 0 Å². The molecule has 2 N–H and O–H groups in total. The van der Waals surface area contributed by atoms with E-state index in [1.807, 2.05) is 31.2 Å². The summed E-state index contributed by atoms with van der Waals surface area (Å²) in [6, 6.07) is 14.4. The molecule has 0 aliphatic carbocycles. The molecule has 3 rings (SSSR count). The summed E-state index contributed by atoms with van der Waals surface area (Å²) in [5, 5.41) is 0.423. The maximum atomic E-state index is 12.4. The van der Waals surface area contributed by atoms with Crippen LogP contribution in [-0.4, -0.2) is 18.4 Å². The molecule has 0 saturated carbocycles. The number of sulfonamides is 1. The molecule has 0 spiro atoms. The van der Waals surface area contributed by atoms with Crippen molar-refractivity contribution < 1.29 is 8.42 Å². The van der Waals surface area contributed by atoms with E-state index >= 15 is 0 Å². The van der Waals surface area contributed by atoms with Gasteiger partial charge in [-0.15, -0.1) is 0 Å². The summed E-state index contributed by atoms with van der Waals surface area (Å²) in [6.45, 7) is 1.95. The normalized spacial score (nSPS) is 11.3. The third-order valence-electron chi connectivity index (χ3n) is 3.44. The van der Waals surface area contributed by atoms with E-state index in [9.17, 15) is 13.2 Å². The van der Waals surface area contributed by atoms with Gasteiger partial charge in [-0.1, -0.05) is 41.4 Å². The average Bonchev–Trinajstić information content (AvgIpc) is 2.55. The van der Waals surface area contributed by atoms with Gasteiger partial charge in [0.05, 0.1) is 10.6 Å². The number of H-pyrrole nitrogens is 1. The highest BCUT2D eigenvalue weighted by atomic mass is 35.5. The SMILES string of the molecule is Cc1ccc(-c2cc(=O)[nH]c(NS(=O)(=O)c3ccc(Cl)cc3)n2)cc1. The monoisotopic (exact) mass is 375 g/mol. The molecule has 6 nitrogen and oxygen atoms in total. The fraction of sp³-hybridized carbons (Fsp3) is 0.0588. The molecule has 0 fully saturated rings. The van der Waals surface area contributed by atoms with Crippen molar-refractivity contribution in [1.82, 2.24) is 9.97 Å². The van der Waals surface area contributed by atoms with E-state index in [0.717, 1.165) is 5.56 Å². The van der Waals surface area contributed by atoms with Crippen molar-refractivity contribution in [3.8, 4) is 11.3 Å². The van der Waals surface area contributed by atoms with Crippen molar-refractivity contribution in [2.24, 2.45) is 0 Å². The fourth-order valence-corrected chi connectivity index (χ4v) is 3.27. The Labute approximate surface area is 149 Å². The fourth-order valence-electron chi connectivity index (χ4n) is 2.18. The molecule has 3 aromatic rings. The third-order valence-corrected chi connectivity index (χ3v) is 5.05. The minimum Gasteiger partial charge on any atom is -0.292 e. The quantitative estimate of drug-likeness (QED) is 0.732. The molecule has 2 aromatic carbocycles. The molecular formula is C17H14ClN3O3S. The molecule has 25 heavy (non-hydrogen) atoms. The van der Waals surface area contributed by atoms with Gasteiger partial charge in [-0.05, 0) is 31.2 Å². The minimum absolute atomic E-state index is 0.0142. The maximum Gasteiger partial charge on any atom is 0.264 e. The van der Waals surface area contributed by atoms with Crippen LogP contribution in [0.15, 0.2) is 64.3 Å². The van der Waals surface area contributed by atoms with E-state index in [0.29, 0.717) is 16.3 Å². The molecule has 128 valence electrons.